The number of rotatable bonds is 6. The van der Waals surface area contributed by atoms with Crippen LogP contribution >= 0.6 is 12.6 Å². The molecule has 0 bridgehead atoms. The van der Waals surface area contributed by atoms with Crippen LogP contribution in [0.3, 0.4) is 0 Å². The van der Waals surface area contributed by atoms with Gasteiger partial charge in [-0.3, -0.25) is 0 Å². The molecular weight excluding hydrogens is 204 g/mol. The van der Waals surface area contributed by atoms with Gasteiger partial charge in [-0.25, -0.2) is 0 Å². The van der Waals surface area contributed by atoms with Gasteiger partial charge in [0.2, 0.25) is 0 Å². The lowest BCUT2D eigenvalue weighted by atomic mass is 10.2. The van der Waals surface area contributed by atoms with Gasteiger partial charge in [-0.1, -0.05) is 49.4 Å². The van der Waals surface area contributed by atoms with Crippen molar-refractivity contribution in [2.24, 2.45) is 5.92 Å². The summed E-state index contributed by atoms with van der Waals surface area (Å²) < 4.78 is 5.47. The van der Waals surface area contributed by atoms with Gasteiger partial charge < -0.3 is 4.74 Å². The van der Waals surface area contributed by atoms with E-state index in [9.17, 15) is 0 Å². The second-order valence-corrected chi connectivity index (χ2v) is 4.00. The maximum absolute atomic E-state index is 5.47. The fraction of sp³-hybridized carbons (Fsp3) is 0.385. The van der Waals surface area contributed by atoms with Crippen LogP contribution in [0, 0.1) is 5.92 Å². The molecule has 2 heteroatoms. The maximum atomic E-state index is 5.47. The van der Waals surface area contributed by atoms with E-state index in [-0.39, 0.29) is 0 Å². The van der Waals surface area contributed by atoms with E-state index in [0.29, 0.717) is 12.5 Å². The van der Waals surface area contributed by atoms with Crippen LogP contribution in [0.25, 0.3) is 6.08 Å². The molecule has 0 aromatic heterocycles. The first-order valence-electron chi connectivity index (χ1n) is 5.23. The molecule has 1 rings (SSSR count). The normalized spacial score (nSPS) is 13.2. The van der Waals surface area contributed by atoms with E-state index in [1.54, 1.807) is 0 Å². The van der Waals surface area contributed by atoms with Crippen molar-refractivity contribution in [3.8, 4) is 0 Å². The van der Waals surface area contributed by atoms with Gasteiger partial charge in [-0.2, -0.15) is 12.6 Å². The lowest BCUT2D eigenvalue weighted by Gasteiger charge is -2.06. The van der Waals surface area contributed by atoms with Gasteiger partial charge in [-0.15, -0.1) is 0 Å². The first-order valence-corrected chi connectivity index (χ1v) is 5.86. The highest BCUT2D eigenvalue weighted by Gasteiger charge is 1.96. The molecular formula is C13H18OS. The molecule has 0 saturated heterocycles. The van der Waals surface area contributed by atoms with E-state index in [4.69, 9.17) is 4.74 Å². The number of hydrogen-bond acceptors (Lipinski definition) is 2. The summed E-state index contributed by atoms with van der Waals surface area (Å²) in [4.78, 5) is 0. The number of hydrogen-bond donors (Lipinski definition) is 1. The minimum Gasteiger partial charge on any atom is -0.377 e. The summed E-state index contributed by atoms with van der Waals surface area (Å²) in [5, 5.41) is 0. The quantitative estimate of drug-likeness (QED) is 0.574. The summed E-state index contributed by atoms with van der Waals surface area (Å²) in [5.41, 5.74) is 1.21. The molecule has 0 amide bonds. The van der Waals surface area contributed by atoms with Crippen LogP contribution in [-0.2, 0) is 4.74 Å². The molecule has 0 aliphatic carbocycles. The molecule has 15 heavy (non-hydrogen) atoms. The van der Waals surface area contributed by atoms with Crippen molar-refractivity contribution in [3.63, 3.8) is 0 Å². The van der Waals surface area contributed by atoms with Crippen LogP contribution in [0.2, 0.25) is 0 Å². The molecule has 1 atom stereocenters. The van der Waals surface area contributed by atoms with E-state index in [1.165, 1.54) is 5.56 Å². The summed E-state index contributed by atoms with van der Waals surface area (Å²) in [5.74, 6) is 1.40. The first-order chi connectivity index (χ1) is 7.33. The molecule has 82 valence electrons. The third-order valence-corrected chi connectivity index (χ3v) is 2.66. The summed E-state index contributed by atoms with van der Waals surface area (Å²) in [6.45, 7) is 3.59. The number of thiol groups is 1. The second-order valence-electron chi connectivity index (χ2n) is 3.64. The van der Waals surface area contributed by atoms with Gasteiger partial charge in [0, 0.05) is 0 Å². The van der Waals surface area contributed by atoms with Crippen LogP contribution in [-0.4, -0.2) is 19.0 Å². The van der Waals surface area contributed by atoms with Gasteiger partial charge in [0.15, 0.2) is 0 Å². The number of benzene rings is 1. The summed E-state index contributed by atoms with van der Waals surface area (Å²) >= 11 is 4.20. The zero-order valence-electron chi connectivity index (χ0n) is 9.10. The van der Waals surface area contributed by atoms with Crippen LogP contribution in [0.4, 0.5) is 0 Å². The van der Waals surface area contributed by atoms with Gasteiger partial charge in [-0.05, 0) is 17.2 Å². The predicted molar refractivity (Wildman–Crippen MR) is 69.3 cm³/mol. The summed E-state index contributed by atoms with van der Waals surface area (Å²) in [7, 11) is 0. The topological polar surface area (TPSA) is 9.23 Å². The Balaban J connectivity index is 2.18. The molecule has 1 nitrogen and oxygen atoms in total. The molecule has 0 heterocycles. The minimum absolute atomic E-state index is 0.526. The molecule has 1 unspecified atom stereocenters. The zero-order chi connectivity index (χ0) is 10.9. The Bertz CT molecular complexity index is 282. The lowest BCUT2D eigenvalue weighted by Crippen LogP contribution is -2.06. The average Bonchev–Trinajstić information content (AvgIpc) is 2.29. The average molecular weight is 222 g/mol. The van der Waals surface area contributed by atoms with Crippen LogP contribution < -0.4 is 0 Å². The molecule has 0 saturated carbocycles. The highest BCUT2D eigenvalue weighted by Crippen LogP contribution is 2.01. The Kier molecular flexibility index (Phi) is 6.21. The Morgan fingerprint density at radius 2 is 2.07 bits per heavy atom. The van der Waals surface area contributed by atoms with Crippen molar-refractivity contribution < 1.29 is 4.74 Å². The van der Waals surface area contributed by atoms with Crippen molar-refractivity contribution in [1.29, 1.82) is 0 Å². The van der Waals surface area contributed by atoms with Crippen LogP contribution in [0.15, 0.2) is 36.4 Å². The van der Waals surface area contributed by atoms with E-state index < -0.39 is 0 Å². The summed E-state index contributed by atoms with van der Waals surface area (Å²) in [6, 6.07) is 10.2. The molecule has 0 fully saturated rings. The fourth-order valence-corrected chi connectivity index (χ4v) is 1.24. The third-order valence-electron chi connectivity index (χ3n) is 2.04. The largest absolute Gasteiger partial charge is 0.377 e. The lowest BCUT2D eigenvalue weighted by molar-refractivity contribution is 0.136. The molecule has 0 aliphatic rings. The minimum atomic E-state index is 0.526. The Labute approximate surface area is 97.6 Å². The highest BCUT2D eigenvalue weighted by molar-refractivity contribution is 7.80. The highest BCUT2D eigenvalue weighted by atomic mass is 32.1. The zero-order valence-corrected chi connectivity index (χ0v) is 9.99. The van der Waals surface area contributed by atoms with E-state index in [2.05, 4.69) is 37.8 Å². The molecule has 0 aliphatic heterocycles. The molecule has 0 N–H and O–H groups in total. The second kappa shape index (κ2) is 7.55. The van der Waals surface area contributed by atoms with Crippen molar-refractivity contribution in [2.75, 3.05) is 19.0 Å². The predicted octanol–water partition coefficient (Wildman–Crippen LogP) is 3.28. The van der Waals surface area contributed by atoms with E-state index in [0.717, 1.165) is 12.4 Å². The van der Waals surface area contributed by atoms with Crippen LogP contribution in [0.1, 0.15) is 12.5 Å². The molecule has 1 aromatic rings. The monoisotopic (exact) mass is 222 g/mol. The SMILES string of the molecule is CC(CS)COCC=Cc1ccccc1. The Morgan fingerprint density at radius 1 is 1.33 bits per heavy atom. The molecule has 0 radical (unpaired) electrons. The van der Waals surface area contributed by atoms with Crippen molar-refractivity contribution in [1.82, 2.24) is 0 Å². The van der Waals surface area contributed by atoms with Crippen molar-refractivity contribution in [2.45, 2.75) is 6.92 Å². The third kappa shape index (κ3) is 5.65. The smallest absolute Gasteiger partial charge is 0.0650 e. The number of ether oxygens (including phenoxy) is 1. The molecule has 0 spiro atoms. The van der Waals surface area contributed by atoms with Crippen molar-refractivity contribution >= 4 is 18.7 Å². The Hall–Kier alpha value is -0.730. The Morgan fingerprint density at radius 3 is 2.73 bits per heavy atom. The van der Waals surface area contributed by atoms with Crippen LogP contribution in [0.5, 0.6) is 0 Å². The van der Waals surface area contributed by atoms with Gasteiger partial charge in [0.1, 0.15) is 0 Å². The molecule has 1 aromatic carbocycles. The maximum Gasteiger partial charge on any atom is 0.0650 e. The van der Waals surface area contributed by atoms with E-state index in [1.807, 2.05) is 24.3 Å². The first kappa shape index (κ1) is 12.3. The van der Waals surface area contributed by atoms with Gasteiger partial charge in [0.25, 0.3) is 0 Å². The standard InChI is InChI=1S/C13H18OS/c1-12(11-15)10-14-9-5-8-13-6-3-2-4-7-13/h2-8,12,15H,9-11H2,1H3. The summed E-state index contributed by atoms with van der Waals surface area (Å²) in [6.07, 6.45) is 4.12. The van der Waals surface area contributed by atoms with Gasteiger partial charge >= 0.3 is 0 Å². The van der Waals surface area contributed by atoms with Gasteiger partial charge in [0.05, 0.1) is 13.2 Å². The fourth-order valence-electron chi connectivity index (χ4n) is 1.14. The van der Waals surface area contributed by atoms with Crippen molar-refractivity contribution in [3.05, 3.63) is 42.0 Å². The van der Waals surface area contributed by atoms with E-state index >= 15 is 0 Å².